The molecule has 2 saturated carbocycles. The van der Waals surface area contributed by atoms with Crippen molar-refractivity contribution in [3.8, 4) is 0 Å². The average Bonchev–Trinajstić information content (AvgIpc) is 1.17. The molecule has 496 valence electrons. The molecule has 2 atom stereocenters. The van der Waals surface area contributed by atoms with Crippen molar-refractivity contribution in [2.24, 2.45) is 84.6 Å². The van der Waals surface area contributed by atoms with Gasteiger partial charge in [-0.05, 0) is 189 Å². The average molecular weight is 1180 g/mol. The van der Waals surface area contributed by atoms with E-state index in [0.717, 1.165) is 32.6 Å². The first-order valence-electron chi connectivity index (χ1n) is 39.8. The second kappa shape index (κ2) is 38.1. The summed E-state index contributed by atoms with van der Waals surface area (Å²) in [5.74, 6) is -2.93. The van der Waals surface area contributed by atoms with Crippen LogP contribution >= 0.6 is 0 Å². The summed E-state index contributed by atoms with van der Waals surface area (Å²) in [5, 5.41) is 0. The summed E-state index contributed by atoms with van der Waals surface area (Å²) in [4.78, 5) is 0. The molecule has 0 heterocycles. The van der Waals surface area contributed by atoms with Gasteiger partial charge in [0.15, 0.2) is 0 Å². The first-order chi connectivity index (χ1) is 41.6. The van der Waals surface area contributed by atoms with Crippen molar-refractivity contribution in [1.29, 1.82) is 0 Å². The van der Waals surface area contributed by atoms with Gasteiger partial charge in [-0.2, -0.15) is 0 Å². The summed E-state index contributed by atoms with van der Waals surface area (Å²) >= 11 is 0. The van der Waals surface area contributed by atoms with Gasteiger partial charge in [0.05, 0.1) is 0 Å². The van der Waals surface area contributed by atoms with Crippen molar-refractivity contribution in [2.45, 2.75) is 379 Å². The summed E-state index contributed by atoms with van der Waals surface area (Å²) in [6, 6.07) is 11.0. The van der Waals surface area contributed by atoms with E-state index >= 15 is 0 Å². The van der Waals surface area contributed by atoms with Gasteiger partial charge in [0.1, 0.15) is 0 Å². The number of aryl methyl sites for hydroxylation is 5. The van der Waals surface area contributed by atoms with Gasteiger partial charge >= 0.3 is 0 Å². The Labute approximate surface area is 550 Å². The molecule has 0 nitrogen and oxygen atoms in total. The summed E-state index contributed by atoms with van der Waals surface area (Å²) in [6.07, 6.45) is 8.76. The lowest BCUT2D eigenvalue weighted by atomic mass is 9.68. The maximum atomic E-state index is 8.27. The van der Waals surface area contributed by atoms with Gasteiger partial charge in [0.2, 0.25) is 0 Å². The highest BCUT2D eigenvalue weighted by Crippen LogP contribution is 2.41. The van der Waals surface area contributed by atoms with Crippen molar-refractivity contribution in [3.05, 3.63) is 69.3 Å². The number of hydrogen-bond acceptors (Lipinski definition) is 0. The highest BCUT2D eigenvalue weighted by atomic mass is 14.4. The third kappa shape index (κ3) is 46.3. The molecule has 2 fully saturated rings. The second-order valence-corrected chi connectivity index (χ2v) is 35.6. The third-order valence-corrected chi connectivity index (χ3v) is 16.2. The molecule has 2 aromatic rings. The van der Waals surface area contributed by atoms with Crippen LogP contribution in [-0.4, -0.2) is 0 Å². The molecule has 83 heavy (non-hydrogen) atoms. The molecular weight excluding hydrogens is 997 g/mol. The van der Waals surface area contributed by atoms with Crippen LogP contribution in [0.2, 0.25) is 0 Å². The van der Waals surface area contributed by atoms with E-state index in [2.05, 4.69) is 245 Å². The SMILES string of the molecule is Cc1cc(C)c(C(C)(C)C)c(C)c1.Cc1cccc(C)c1C(C)(C)C.[2H]C(C)(C(C)(C)C)C(C)(C)C.[2H]C(C)(C(C)C)C(C)(C)C.[2H]C(C)(C)C(C)(C)C.[2H]C([2H])([2H])C(C)(C)C.[2H]C([2H])([2H])C([2H])(C([2H])([2H])C)C(C)(C)C.[2H]C1(C(C)(C)C)CCCC1.[2H]C1(C(C)(C)C)CCCCC1. The van der Waals surface area contributed by atoms with Crippen LogP contribution in [0.3, 0.4) is 0 Å². The van der Waals surface area contributed by atoms with Crippen molar-refractivity contribution in [2.75, 3.05) is 0 Å². The molecule has 0 spiro atoms. The predicted molar refractivity (Wildman–Crippen MR) is 391 cm³/mol. The summed E-state index contributed by atoms with van der Waals surface area (Å²) in [6.45, 7) is 81.8. The normalized spacial score (nSPS) is 20.4. The fraction of sp³-hybridized carbons (Fsp3) is 0.855. The Morgan fingerprint density at radius 1 is 0.458 bits per heavy atom. The Morgan fingerprint density at radius 2 is 0.747 bits per heavy atom. The maximum Gasteiger partial charge on any atom is 0.0311 e. The molecule has 0 aliphatic heterocycles. The topological polar surface area (TPSA) is 0 Å². The zero-order valence-corrected chi connectivity index (χ0v) is 64.8. The quantitative estimate of drug-likeness (QED) is 0.281. The smallest absolute Gasteiger partial charge is 0.0311 e. The molecule has 2 aliphatic carbocycles. The maximum absolute atomic E-state index is 8.27. The van der Waals surface area contributed by atoms with Crippen molar-refractivity contribution < 1.29 is 19.2 Å². The van der Waals surface area contributed by atoms with E-state index in [1.165, 1.54) is 71.0 Å². The lowest BCUT2D eigenvalue weighted by Crippen LogP contribution is -2.29. The molecule has 2 aromatic carbocycles. The van der Waals surface area contributed by atoms with Gasteiger partial charge in [0, 0.05) is 19.2 Å². The van der Waals surface area contributed by atoms with Crippen LogP contribution < -0.4 is 0 Å². The lowest BCUT2D eigenvalue weighted by molar-refractivity contribution is 0.121. The number of hydrogen-bond donors (Lipinski definition) is 0. The van der Waals surface area contributed by atoms with Crippen LogP contribution in [0, 0.1) is 119 Å². The van der Waals surface area contributed by atoms with Gasteiger partial charge in [-0.25, -0.2) is 0 Å². The predicted octanol–water partition coefficient (Wildman–Crippen LogP) is 29.2. The van der Waals surface area contributed by atoms with Crippen molar-refractivity contribution >= 4 is 0 Å². The van der Waals surface area contributed by atoms with E-state index in [1.54, 1.807) is 41.5 Å². The Kier molecular flexibility index (Phi) is 29.6. The van der Waals surface area contributed by atoms with Crippen molar-refractivity contribution in [1.82, 2.24) is 0 Å². The minimum Gasteiger partial charge on any atom is -0.0651 e. The van der Waals surface area contributed by atoms with Crippen LogP contribution in [0.25, 0.3) is 0 Å². The Morgan fingerprint density at radius 3 is 0.880 bits per heavy atom. The molecule has 0 heteroatoms. The Bertz CT molecular complexity index is 2370. The highest BCUT2D eigenvalue weighted by molar-refractivity contribution is 5.41. The molecule has 0 aromatic heterocycles. The summed E-state index contributed by atoms with van der Waals surface area (Å²) in [7, 11) is 0. The largest absolute Gasteiger partial charge is 0.0651 e. The van der Waals surface area contributed by atoms with E-state index in [0.29, 0.717) is 5.92 Å². The minimum atomic E-state index is -2.64. The molecule has 0 N–H and O–H groups in total. The van der Waals surface area contributed by atoms with Crippen LogP contribution in [0.15, 0.2) is 30.3 Å². The van der Waals surface area contributed by atoms with E-state index in [9.17, 15) is 0 Å². The van der Waals surface area contributed by atoms with Gasteiger partial charge in [-0.1, -0.05) is 344 Å². The second-order valence-electron chi connectivity index (χ2n) is 35.6. The molecular formula is C83H164. The van der Waals surface area contributed by atoms with Crippen LogP contribution in [0.4, 0.5) is 0 Å². The highest BCUT2D eigenvalue weighted by Gasteiger charge is 2.31. The van der Waals surface area contributed by atoms with Gasteiger partial charge in [-0.15, -0.1) is 0 Å². The van der Waals surface area contributed by atoms with Crippen LogP contribution in [-0.2, 0) is 10.8 Å². The zero-order valence-electron chi connectivity index (χ0n) is 78.8. The van der Waals surface area contributed by atoms with E-state index in [4.69, 9.17) is 19.2 Å². The van der Waals surface area contributed by atoms with Gasteiger partial charge < -0.3 is 0 Å². The number of benzene rings is 2. The Balaban J connectivity index is -0.000000329. The number of rotatable bonds is 2. The van der Waals surface area contributed by atoms with E-state index in [1.807, 2.05) is 27.7 Å². The monoisotopic (exact) mass is 1180 g/mol. The van der Waals surface area contributed by atoms with Crippen molar-refractivity contribution in [3.63, 3.8) is 0 Å². The fourth-order valence-corrected chi connectivity index (χ4v) is 10.0. The third-order valence-electron chi connectivity index (χ3n) is 16.2. The first kappa shape index (κ1) is 64.4. The fourth-order valence-electron chi connectivity index (χ4n) is 10.0. The Hall–Kier alpha value is -1.56. The van der Waals surface area contributed by atoms with E-state index in [-0.39, 0.29) is 72.8 Å². The summed E-state index contributed by atoms with van der Waals surface area (Å²) in [5.41, 5.74) is 9.67. The summed E-state index contributed by atoms with van der Waals surface area (Å²) < 4.78 is 106. The van der Waals surface area contributed by atoms with E-state index < -0.39 is 36.8 Å². The standard InChI is InChI=1S/C13H20.C12H18.C10H20.C10H22.C9H18.C9H20.C8H18.C7H16.C5H12/c1-9-7-10(2)12(11(3)8-9)13(4,5)6;1-9-7-6-8-10(2)11(9)12(3,4)5;1-10(2,3)9-7-5-4-6-8-9;1-8(9(2,3)4)10(5,6)7;1-9(2,3)8-6-4-5-7-8;1-7(2)8(3)9(4,5)6;1-6-7(2)8(3,4)5;1-6(2)7(3,4)5;1-5(2,3)4/h7-8H,1-6H3;6-8H,1-5H3;9H,4-8H2,1-3H3;8H,1-7H3;8H,4-7H2,1-3H3;7-8H,1-6H3;7H,6H2,1-5H3;6H,1-5H3;1-4H3/i;;9D;3*8D;2D3,6D2,7D;6D;1D3. The molecule has 4 rings (SSSR count). The lowest BCUT2D eigenvalue weighted by Gasteiger charge is -2.38. The molecule has 0 amide bonds. The van der Waals surface area contributed by atoms with Gasteiger partial charge in [-0.3, -0.25) is 0 Å². The molecule has 0 saturated heterocycles. The molecule has 2 aliphatic rings. The first-order valence-corrected chi connectivity index (χ1v) is 32.8. The molecule has 0 bridgehead atoms. The van der Waals surface area contributed by atoms with Gasteiger partial charge in [0.25, 0.3) is 0 Å². The van der Waals surface area contributed by atoms with Crippen LogP contribution in [0.1, 0.15) is 392 Å². The van der Waals surface area contributed by atoms with Crippen LogP contribution in [0.5, 0.6) is 0 Å². The molecule has 0 radical (unpaired) electrons. The minimum absolute atomic E-state index is 0.0469. The molecule has 2 unspecified atom stereocenters. The zero-order chi connectivity index (χ0) is 80.0.